The maximum atomic E-state index is 6.06. The monoisotopic (exact) mass is 385 g/mol. The summed E-state index contributed by atoms with van der Waals surface area (Å²) in [5.74, 6) is 3.53. The minimum absolute atomic E-state index is 0.0278. The fourth-order valence-corrected chi connectivity index (χ4v) is 4.80. The van der Waals surface area contributed by atoms with Crippen LogP contribution < -0.4 is 9.47 Å². The Kier molecular flexibility index (Phi) is 4.34. The highest BCUT2D eigenvalue weighted by molar-refractivity contribution is 7.99. The molecule has 2 aliphatic rings. The Hall–Kier alpha value is -1.99. The van der Waals surface area contributed by atoms with E-state index in [1.807, 2.05) is 24.3 Å². The van der Waals surface area contributed by atoms with Crippen LogP contribution >= 0.6 is 23.1 Å². The molecule has 3 heterocycles. The molecule has 1 atom stereocenters. The van der Waals surface area contributed by atoms with E-state index in [1.54, 1.807) is 23.1 Å². The van der Waals surface area contributed by atoms with E-state index >= 15 is 0 Å². The van der Waals surface area contributed by atoms with Crippen LogP contribution in [0.1, 0.15) is 29.6 Å². The number of fused-ring (bicyclic) bond motifs is 1. The molecule has 1 fully saturated rings. The number of thioether (sulfide) groups is 1. The largest absolute Gasteiger partial charge is 0.486 e. The van der Waals surface area contributed by atoms with Crippen LogP contribution in [-0.4, -0.2) is 33.2 Å². The highest BCUT2D eigenvalue weighted by atomic mass is 32.2. The van der Waals surface area contributed by atoms with Crippen molar-refractivity contribution >= 4 is 23.1 Å². The normalized spacial score (nSPS) is 18.8. The summed E-state index contributed by atoms with van der Waals surface area (Å²) >= 11 is 3.49. The second-order valence-electron chi connectivity index (χ2n) is 6.56. The zero-order valence-electron chi connectivity index (χ0n) is 14.2. The number of aromatic nitrogens is 3. The molecule has 5 nitrogen and oxygen atoms in total. The topological polar surface area (TPSA) is 49.2 Å². The maximum Gasteiger partial charge on any atom is 0.191 e. The van der Waals surface area contributed by atoms with Crippen molar-refractivity contribution in [1.82, 2.24) is 14.8 Å². The summed E-state index contributed by atoms with van der Waals surface area (Å²) in [5.41, 5.74) is 0. The molecule has 1 aliphatic carbocycles. The zero-order valence-corrected chi connectivity index (χ0v) is 15.8. The summed E-state index contributed by atoms with van der Waals surface area (Å²) in [6.45, 7) is 0.573. The minimum atomic E-state index is 0.0278. The van der Waals surface area contributed by atoms with Crippen molar-refractivity contribution in [1.29, 1.82) is 0 Å². The van der Waals surface area contributed by atoms with Gasteiger partial charge in [0.05, 0.1) is 0 Å². The van der Waals surface area contributed by atoms with Gasteiger partial charge in [0.25, 0.3) is 0 Å². The van der Waals surface area contributed by atoms with Crippen molar-refractivity contribution in [2.45, 2.75) is 36.6 Å². The van der Waals surface area contributed by atoms with Gasteiger partial charge in [0.2, 0.25) is 0 Å². The van der Waals surface area contributed by atoms with Gasteiger partial charge in [-0.1, -0.05) is 30.0 Å². The average Bonchev–Trinajstić information content (AvgIpc) is 3.22. The SMILES string of the molecule is c1csc(Cc2nnc(SC[C@@H]3COc4ccccc4O3)n2C2CC2)c1. The van der Waals surface area contributed by atoms with Gasteiger partial charge in [-0.15, -0.1) is 21.5 Å². The number of para-hydroxylation sites is 2. The van der Waals surface area contributed by atoms with Crippen molar-refractivity contribution in [3.05, 3.63) is 52.5 Å². The number of thiophene rings is 1. The van der Waals surface area contributed by atoms with Crippen molar-refractivity contribution in [2.75, 3.05) is 12.4 Å². The number of nitrogens with zero attached hydrogens (tertiary/aromatic N) is 3. The molecule has 0 saturated heterocycles. The standard InChI is InChI=1S/C19H19N3O2S2/c1-2-6-17-16(5-1)23-11-14(24-17)12-26-19-21-20-18(22(19)13-7-8-13)10-15-4-3-9-25-15/h1-6,9,13-14H,7-8,10-12H2/t14-/m0/s1. The van der Waals surface area contributed by atoms with Crippen molar-refractivity contribution in [2.24, 2.45) is 0 Å². The van der Waals surface area contributed by atoms with E-state index in [9.17, 15) is 0 Å². The summed E-state index contributed by atoms with van der Waals surface area (Å²) in [6, 6.07) is 12.6. The molecule has 0 radical (unpaired) electrons. The van der Waals surface area contributed by atoms with Crippen LogP contribution in [0.25, 0.3) is 0 Å². The van der Waals surface area contributed by atoms with E-state index in [-0.39, 0.29) is 6.10 Å². The molecule has 26 heavy (non-hydrogen) atoms. The van der Waals surface area contributed by atoms with Gasteiger partial charge in [-0.05, 0) is 36.4 Å². The van der Waals surface area contributed by atoms with Crippen molar-refractivity contribution in [3.8, 4) is 11.5 Å². The predicted molar refractivity (Wildman–Crippen MR) is 102 cm³/mol. The number of rotatable bonds is 6. The van der Waals surface area contributed by atoms with E-state index in [0.717, 1.165) is 34.7 Å². The molecule has 1 aromatic carbocycles. The van der Waals surface area contributed by atoms with Gasteiger partial charge in [0.15, 0.2) is 16.7 Å². The quantitative estimate of drug-likeness (QED) is 0.595. The molecule has 0 unspecified atom stereocenters. The van der Waals surface area contributed by atoms with Crippen LogP contribution in [0.3, 0.4) is 0 Å². The number of benzene rings is 1. The molecule has 0 bridgehead atoms. The van der Waals surface area contributed by atoms with E-state index in [1.165, 1.54) is 17.7 Å². The highest BCUT2D eigenvalue weighted by Crippen LogP contribution is 2.40. The molecule has 5 rings (SSSR count). The van der Waals surface area contributed by atoms with E-state index in [0.29, 0.717) is 12.6 Å². The number of ether oxygens (including phenoxy) is 2. The summed E-state index contributed by atoms with van der Waals surface area (Å²) < 4.78 is 14.2. The van der Waals surface area contributed by atoms with Crippen LogP contribution in [0.2, 0.25) is 0 Å². The first-order chi connectivity index (χ1) is 12.9. The molecule has 1 aliphatic heterocycles. The fraction of sp³-hybridized carbons (Fsp3) is 0.368. The Morgan fingerprint density at radius 2 is 2.00 bits per heavy atom. The summed E-state index contributed by atoms with van der Waals surface area (Å²) in [4.78, 5) is 1.33. The highest BCUT2D eigenvalue weighted by Gasteiger charge is 2.30. The second kappa shape index (κ2) is 6.96. The summed E-state index contributed by atoms with van der Waals surface area (Å²) in [5, 5.41) is 12.1. The molecule has 0 spiro atoms. The Bertz CT molecular complexity index is 890. The Morgan fingerprint density at radius 1 is 1.12 bits per heavy atom. The first kappa shape index (κ1) is 16.2. The predicted octanol–water partition coefficient (Wildman–Crippen LogP) is 4.20. The van der Waals surface area contributed by atoms with Crippen molar-refractivity contribution in [3.63, 3.8) is 0 Å². The van der Waals surface area contributed by atoms with Gasteiger partial charge in [0.1, 0.15) is 18.5 Å². The van der Waals surface area contributed by atoms with Gasteiger partial charge in [-0.2, -0.15) is 0 Å². The van der Waals surface area contributed by atoms with Crippen molar-refractivity contribution < 1.29 is 9.47 Å². The smallest absolute Gasteiger partial charge is 0.191 e. The maximum absolute atomic E-state index is 6.06. The molecule has 3 aromatic rings. The lowest BCUT2D eigenvalue weighted by Gasteiger charge is -2.26. The lowest BCUT2D eigenvalue weighted by molar-refractivity contribution is 0.107. The van der Waals surface area contributed by atoms with E-state index in [4.69, 9.17) is 9.47 Å². The Labute approximate surface area is 160 Å². The third-order valence-electron chi connectivity index (χ3n) is 4.53. The molecule has 0 N–H and O–H groups in total. The lowest BCUT2D eigenvalue weighted by atomic mass is 10.3. The second-order valence-corrected chi connectivity index (χ2v) is 8.58. The molecular formula is C19H19N3O2S2. The molecular weight excluding hydrogens is 366 g/mol. The Balaban J connectivity index is 1.28. The molecule has 1 saturated carbocycles. The van der Waals surface area contributed by atoms with E-state index in [2.05, 4.69) is 32.3 Å². The van der Waals surface area contributed by atoms with Gasteiger partial charge in [-0.25, -0.2) is 0 Å². The zero-order chi connectivity index (χ0) is 17.3. The summed E-state index contributed by atoms with van der Waals surface area (Å²) in [7, 11) is 0. The summed E-state index contributed by atoms with van der Waals surface area (Å²) in [6.07, 6.45) is 3.33. The fourth-order valence-electron chi connectivity index (χ4n) is 3.11. The van der Waals surface area contributed by atoms with Crippen LogP contribution in [-0.2, 0) is 6.42 Å². The van der Waals surface area contributed by atoms with Gasteiger partial charge >= 0.3 is 0 Å². The molecule has 2 aromatic heterocycles. The molecule has 7 heteroatoms. The minimum Gasteiger partial charge on any atom is -0.486 e. The third kappa shape index (κ3) is 3.33. The van der Waals surface area contributed by atoms with E-state index < -0.39 is 0 Å². The Morgan fingerprint density at radius 3 is 2.81 bits per heavy atom. The van der Waals surface area contributed by atoms with Gasteiger partial charge in [-0.3, -0.25) is 0 Å². The first-order valence-corrected chi connectivity index (χ1v) is 10.7. The third-order valence-corrected chi connectivity index (χ3v) is 6.48. The van der Waals surface area contributed by atoms with Gasteiger partial charge in [0, 0.05) is 23.1 Å². The van der Waals surface area contributed by atoms with Crippen LogP contribution in [0.4, 0.5) is 0 Å². The van der Waals surface area contributed by atoms with Crippen LogP contribution in [0, 0.1) is 0 Å². The van der Waals surface area contributed by atoms with Gasteiger partial charge < -0.3 is 14.0 Å². The number of hydrogen-bond acceptors (Lipinski definition) is 6. The number of hydrogen-bond donors (Lipinski definition) is 0. The van der Waals surface area contributed by atoms with Crippen LogP contribution in [0.5, 0.6) is 11.5 Å². The lowest BCUT2D eigenvalue weighted by Crippen LogP contribution is -2.31. The molecule has 0 amide bonds. The first-order valence-electron chi connectivity index (χ1n) is 8.84. The van der Waals surface area contributed by atoms with Crippen LogP contribution in [0.15, 0.2) is 46.9 Å². The average molecular weight is 386 g/mol. The molecule has 134 valence electrons.